The number of sulfone groups is 1. The van der Waals surface area contributed by atoms with Crippen molar-refractivity contribution in [3.8, 4) is 11.5 Å². The molecule has 0 aliphatic rings. The molecule has 0 heterocycles. The Morgan fingerprint density at radius 3 is 1.06 bits per heavy atom. The molecule has 2 aromatic carbocycles. The van der Waals surface area contributed by atoms with E-state index in [4.69, 9.17) is 32.7 Å². The summed E-state index contributed by atoms with van der Waals surface area (Å²) in [6, 6.07) is 8.92. The van der Waals surface area contributed by atoms with Crippen LogP contribution >= 0.6 is 23.2 Å². The van der Waals surface area contributed by atoms with E-state index in [1.165, 1.54) is 24.3 Å². The first-order valence-corrected chi connectivity index (χ1v) is 21.6. The van der Waals surface area contributed by atoms with Gasteiger partial charge in [0.25, 0.3) is 0 Å². The minimum absolute atomic E-state index is 0. The molecule has 0 amide bonds. The van der Waals surface area contributed by atoms with Crippen LogP contribution in [0.3, 0.4) is 0 Å². The summed E-state index contributed by atoms with van der Waals surface area (Å²) < 4.78 is 103. The summed E-state index contributed by atoms with van der Waals surface area (Å²) in [7, 11) is -12.4. The van der Waals surface area contributed by atoms with Crippen LogP contribution in [-0.4, -0.2) is 59.1 Å². The number of hydrogen-bond donors (Lipinski definition) is 0. The molecular weight excluding hydrogens is 757 g/mol. The molecule has 0 aliphatic heterocycles. The Kier molecular flexibility index (Phi) is 26.4. The molecule has 0 bridgehead atoms. The summed E-state index contributed by atoms with van der Waals surface area (Å²) in [6.07, 6.45) is 12.9. The molecule has 0 atom stereocenters. The van der Waals surface area contributed by atoms with Gasteiger partial charge in [-0.15, -0.1) is 0 Å². The zero-order valence-corrected chi connectivity index (χ0v) is 36.6. The Hall–Kier alpha value is 0.390. The quantitative estimate of drug-likeness (QED) is 0.0780. The van der Waals surface area contributed by atoms with Gasteiger partial charge < -0.3 is 18.6 Å². The van der Waals surface area contributed by atoms with Gasteiger partial charge in [0.1, 0.15) is 21.3 Å². The predicted molar refractivity (Wildman–Crippen MR) is 182 cm³/mol. The summed E-state index contributed by atoms with van der Waals surface area (Å²) in [5.74, 6) is -0.257. The van der Waals surface area contributed by atoms with Crippen molar-refractivity contribution >= 4 is 53.3 Å². The van der Waals surface area contributed by atoms with E-state index in [0.29, 0.717) is 51.7 Å². The smallest absolute Gasteiger partial charge is 0.748 e. The maximum Gasteiger partial charge on any atom is 1.00 e. The molecule has 0 radical (unpaired) electrons. The molecule has 0 fully saturated rings. The number of ether oxygens (including phenoxy) is 2. The van der Waals surface area contributed by atoms with Crippen LogP contribution in [0.1, 0.15) is 103 Å². The van der Waals surface area contributed by atoms with E-state index in [0.717, 1.165) is 64.2 Å². The summed E-state index contributed by atoms with van der Waals surface area (Å²) in [5, 5.41) is 0.479. The fraction of sp³-hybridized carbons (Fsp3) is 0.625. The SMILES string of the molecule is O=S(=O)([O-])CCCCCCCCCCOc1ccc(Cl)cc1S(=O)(=O)c1cc(Cl)ccc1OCCCCCCCCCCS(=O)(=O)[O-].[Na+].[Na+]. The first-order chi connectivity index (χ1) is 22.2. The molecule has 0 aromatic heterocycles. The molecular formula is C32H46Cl2Na2O10S3. The fourth-order valence-electron chi connectivity index (χ4n) is 4.99. The van der Waals surface area contributed by atoms with Crippen LogP contribution < -0.4 is 68.6 Å². The monoisotopic (exact) mass is 802 g/mol. The zero-order valence-electron chi connectivity index (χ0n) is 28.7. The minimum atomic E-state index is -4.14. The van der Waals surface area contributed by atoms with Crippen molar-refractivity contribution in [1.29, 1.82) is 0 Å². The third-order valence-electron chi connectivity index (χ3n) is 7.48. The molecule has 10 nitrogen and oxygen atoms in total. The zero-order chi connectivity index (χ0) is 34.8. The van der Waals surface area contributed by atoms with Crippen molar-refractivity contribution in [2.24, 2.45) is 0 Å². The van der Waals surface area contributed by atoms with Crippen LogP contribution in [0.25, 0.3) is 0 Å². The molecule has 2 rings (SSSR count). The molecule has 0 N–H and O–H groups in total. The van der Waals surface area contributed by atoms with Crippen LogP contribution in [0.4, 0.5) is 0 Å². The van der Waals surface area contributed by atoms with Gasteiger partial charge in [-0.2, -0.15) is 0 Å². The van der Waals surface area contributed by atoms with E-state index in [-0.39, 0.29) is 102 Å². The topological polar surface area (TPSA) is 167 Å². The van der Waals surface area contributed by atoms with E-state index in [2.05, 4.69) is 0 Å². The van der Waals surface area contributed by atoms with E-state index in [9.17, 15) is 34.4 Å². The Labute approximate surface area is 347 Å². The van der Waals surface area contributed by atoms with Gasteiger partial charge in [0, 0.05) is 21.6 Å². The van der Waals surface area contributed by atoms with E-state index in [1.807, 2.05) is 0 Å². The average Bonchev–Trinajstić information content (AvgIpc) is 2.98. The van der Waals surface area contributed by atoms with Gasteiger partial charge in [0.05, 0.1) is 33.5 Å². The van der Waals surface area contributed by atoms with Crippen molar-refractivity contribution in [2.75, 3.05) is 24.7 Å². The summed E-state index contributed by atoms with van der Waals surface area (Å²) in [4.78, 5) is -0.157. The molecule has 0 aliphatic carbocycles. The third kappa shape index (κ3) is 22.3. The van der Waals surface area contributed by atoms with Crippen LogP contribution in [0.2, 0.25) is 10.0 Å². The summed E-state index contributed by atoms with van der Waals surface area (Å²) in [5.41, 5.74) is 0. The van der Waals surface area contributed by atoms with Crippen molar-refractivity contribution in [3.63, 3.8) is 0 Å². The van der Waals surface area contributed by atoms with E-state index >= 15 is 0 Å². The minimum Gasteiger partial charge on any atom is -0.748 e. The van der Waals surface area contributed by atoms with Gasteiger partial charge in [-0.25, -0.2) is 25.3 Å². The van der Waals surface area contributed by atoms with Gasteiger partial charge >= 0.3 is 59.1 Å². The van der Waals surface area contributed by atoms with E-state index < -0.39 is 30.1 Å². The second-order valence-corrected chi connectivity index (χ2v) is 17.4. The second-order valence-electron chi connectivity index (χ2n) is 11.6. The van der Waals surface area contributed by atoms with Crippen molar-refractivity contribution < 1.29 is 103 Å². The molecule has 0 unspecified atom stereocenters. The number of benzene rings is 2. The van der Waals surface area contributed by atoms with Gasteiger partial charge in [0.2, 0.25) is 9.84 Å². The Bertz CT molecular complexity index is 1450. The number of halogens is 2. The molecule has 268 valence electrons. The van der Waals surface area contributed by atoms with Crippen LogP contribution in [0, 0.1) is 0 Å². The van der Waals surface area contributed by atoms with Gasteiger partial charge in [-0.1, -0.05) is 100 Å². The van der Waals surface area contributed by atoms with Crippen molar-refractivity contribution in [1.82, 2.24) is 0 Å². The molecule has 49 heavy (non-hydrogen) atoms. The van der Waals surface area contributed by atoms with Crippen LogP contribution in [0.5, 0.6) is 11.5 Å². The first-order valence-electron chi connectivity index (χ1n) is 16.2. The molecule has 0 saturated carbocycles. The third-order valence-corrected chi connectivity index (χ3v) is 11.3. The van der Waals surface area contributed by atoms with Gasteiger partial charge in [-0.05, 0) is 62.1 Å². The predicted octanol–water partition coefficient (Wildman–Crippen LogP) is 1.92. The van der Waals surface area contributed by atoms with Crippen molar-refractivity contribution in [3.05, 3.63) is 46.4 Å². The molecule has 0 spiro atoms. The standard InChI is InChI=1S/C32H48Cl2O10S3.2Na/c33-27-17-19-29(43-21-13-9-5-1-3-7-11-15-23-45(35,36)37)31(25-27)47(41,42)32-26-28(34)18-20-30(32)44-22-14-10-6-2-4-8-12-16-24-46(38,39)40;;/h17-20,25-26H,1-16,21-24H2,(H,35,36,37)(H,38,39,40);;/q;2*+1/p-2. The van der Waals surface area contributed by atoms with Crippen LogP contribution in [0.15, 0.2) is 46.2 Å². The Balaban J connectivity index is 0.0000115. The molecule has 2 aromatic rings. The Morgan fingerprint density at radius 2 is 0.755 bits per heavy atom. The second kappa shape index (κ2) is 26.2. The number of hydrogen-bond acceptors (Lipinski definition) is 10. The van der Waals surface area contributed by atoms with Gasteiger partial charge in [0.15, 0.2) is 0 Å². The first kappa shape index (κ1) is 49.4. The maximum atomic E-state index is 13.9. The molecule has 0 saturated heterocycles. The maximum absolute atomic E-state index is 13.9. The van der Waals surface area contributed by atoms with Crippen LogP contribution in [-0.2, 0) is 30.1 Å². The number of unbranched alkanes of at least 4 members (excludes halogenated alkanes) is 14. The Morgan fingerprint density at radius 1 is 0.469 bits per heavy atom. The fourth-order valence-corrected chi connectivity index (χ4v) is 8.16. The van der Waals surface area contributed by atoms with Crippen molar-refractivity contribution in [2.45, 2.75) is 113 Å². The average molecular weight is 804 g/mol. The number of rotatable bonds is 26. The summed E-state index contributed by atoms with van der Waals surface area (Å²) >= 11 is 12.4. The summed E-state index contributed by atoms with van der Waals surface area (Å²) in [6.45, 7) is 0.624. The van der Waals surface area contributed by atoms with Gasteiger partial charge in [-0.3, -0.25) is 0 Å². The normalized spacial score (nSPS) is 11.8. The van der Waals surface area contributed by atoms with E-state index in [1.54, 1.807) is 12.1 Å². The largest absolute Gasteiger partial charge is 1.00 e. The molecule has 17 heteroatoms.